The van der Waals surface area contributed by atoms with E-state index in [2.05, 4.69) is 62.6 Å². The minimum atomic E-state index is 0.571. The van der Waals surface area contributed by atoms with Gasteiger partial charge in [-0.2, -0.15) is 0 Å². The van der Waals surface area contributed by atoms with E-state index >= 15 is 0 Å². The Hall–Kier alpha value is -1.08. The molecule has 164 valence electrons. The van der Waals surface area contributed by atoms with Gasteiger partial charge in [0, 0.05) is 18.1 Å². The predicted octanol–water partition coefficient (Wildman–Crippen LogP) is 8.86. The van der Waals surface area contributed by atoms with E-state index in [0.29, 0.717) is 6.04 Å². The number of hydrogen-bond acceptors (Lipinski definition) is 1. The molecule has 0 radical (unpaired) electrons. The average molecular weight is 398 g/mol. The highest BCUT2D eigenvalue weighted by Gasteiger charge is 2.48. The quantitative estimate of drug-likeness (QED) is 0.144. The molecule has 4 unspecified atom stereocenters. The third-order valence-corrected chi connectivity index (χ3v) is 6.81. The maximum Gasteiger partial charge on any atom is 0.0327 e. The summed E-state index contributed by atoms with van der Waals surface area (Å²) in [5.74, 6) is 0. The van der Waals surface area contributed by atoms with Crippen molar-refractivity contribution in [2.75, 3.05) is 0 Å². The van der Waals surface area contributed by atoms with Gasteiger partial charge in [0.15, 0.2) is 0 Å². The van der Waals surface area contributed by atoms with Crippen LogP contribution in [0.2, 0.25) is 0 Å². The Balaban J connectivity index is 1.72. The van der Waals surface area contributed by atoms with Crippen LogP contribution < -0.4 is 0 Å². The normalized spacial score (nSPS) is 21.8. The van der Waals surface area contributed by atoms with Crippen LogP contribution in [0.5, 0.6) is 0 Å². The largest absolute Gasteiger partial charge is 0.288 e. The molecule has 0 spiro atoms. The molecule has 0 aliphatic carbocycles. The van der Waals surface area contributed by atoms with E-state index in [0.717, 1.165) is 12.1 Å². The van der Waals surface area contributed by atoms with E-state index in [1.54, 1.807) is 0 Å². The van der Waals surface area contributed by atoms with Crippen LogP contribution >= 0.6 is 0 Å². The van der Waals surface area contributed by atoms with Gasteiger partial charge >= 0.3 is 0 Å². The van der Waals surface area contributed by atoms with Gasteiger partial charge in [0.05, 0.1) is 0 Å². The molecule has 0 amide bonds. The fraction of sp³-hybridized carbons (Fsp3) is 0.714. The highest BCUT2D eigenvalue weighted by atomic mass is 15.4. The van der Waals surface area contributed by atoms with Gasteiger partial charge in [0.1, 0.15) is 0 Å². The zero-order chi connectivity index (χ0) is 20.9. The van der Waals surface area contributed by atoms with Crippen LogP contribution in [0.1, 0.15) is 122 Å². The second kappa shape index (κ2) is 14.0. The molecule has 4 atom stereocenters. The number of unbranched alkanes of at least 4 members (excludes halogenated alkanes) is 9. The Bertz CT molecular complexity index is 549. The molecular formula is C28H47N. The Morgan fingerprint density at radius 1 is 0.828 bits per heavy atom. The molecule has 1 saturated heterocycles. The van der Waals surface area contributed by atoms with Crippen molar-refractivity contribution in [1.29, 1.82) is 0 Å². The Kier molecular flexibility index (Phi) is 11.7. The van der Waals surface area contributed by atoms with Crippen LogP contribution in [-0.4, -0.2) is 17.0 Å². The maximum absolute atomic E-state index is 4.02. The van der Waals surface area contributed by atoms with E-state index in [1.165, 1.54) is 101 Å². The summed E-state index contributed by atoms with van der Waals surface area (Å²) < 4.78 is 0. The van der Waals surface area contributed by atoms with Crippen molar-refractivity contribution < 1.29 is 0 Å². The van der Waals surface area contributed by atoms with Gasteiger partial charge in [-0.1, -0.05) is 107 Å². The van der Waals surface area contributed by atoms with Crippen LogP contribution in [0, 0.1) is 0 Å². The topological polar surface area (TPSA) is 3.01 Å². The molecule has 29 heavy (non-hydrogen) atoms. The third-order valence-electron chi connectivity index (χ3n) is 6.81. The second-order valence-electron chi connectivity index (χ2n) is 9.49. The van der Waals surface area contributed by atoms with E-state index in [1.807, 2.05) is 0 Å². The molecule has 1 aromatic carbocycles. The molecule has 1 nitrogen and oxygen atoms in total. The fourth-order valence-electron chi connectivity index (χ4n) is 4.96. The summed E-state index contributed by atoms with van der Waals surface area (Å²) in [6.45, 7) is 10.9. The van der Waals surface area contributed by atoms with Gasteiger partial charge in [0.2, 0.25) is 0 Å². The van der Waals surface area contributed by atoms with Crippen molar-refractivity contribution in [2.45, 2.75) is 129 Å². The van der Waals surface area contributed by atoms with Crippen molar-refractivity contribution in [3.8, 4) is 0 Å². The lowest BCUT2D eigenvalue weighted by atomic mass is 10.0. The van der Waals surface area contributed by atoms with E-state index in [9.17, 15) is 0 Å². The lowest BCUT2D eigenvalue weighted by Gasteiger charge is -2.15. The van der Waals surface area contributed by atoms with Crippen LogP contribution in [-0.2, 0) is 0 Å². The van der Waals surface area contributed by atoms with Crippen LogP contribution in [0.3, 0.4) is 0 Å². The second-order valence-corrected chi connectivity index (χ2v) is 9.49. The Morgan fingerprint density at radius 3 is 1.90 bits per heavy atom. The Morgan fingerprint density at radius 2 is 1.34 bits per heavy atom. The maximum atomic E-state index is 4.02. The van der Waals surface area contributed by atoms with E-state index in [-0.39, 0.29) is 0 Å². The third kappa shape index (κ3) is 9.08. The van der Waals surface area contributed by atoms with Crippen LogP contribution in [0.25, 0.3) is 0 Å². The molecule has 2 rings (SSSR count). The van der Waals surface area contributed by atoms with Crippen molar-refractivity contribution in [3.63, 3.8) is 0 Å². The van der Waals surface area contributed by atoms with Crippen molar-refractivity contribution in [1.82, 2.24) is 4.90 Å². The number of nitrogens with zero attached hydrogens (tertiary/aromatic N) is 1. The number of hydrogen-bond donors (Lipinski definition) is 0. The first-order chi connectivity index (χ1) is 14.1. The van der Waals surface area contributed by atoms with Gasteiger partial charge in [-0.05, 0) is 45.1 Å². The van der Waals surface area contributed by atoms with E-state index in [4.69, 9.17) is 0 Å². The number of rotatable bonds is 17. The van der Waals surface area contributed by atoms with Crippen LogP contribution in [0.4, 0.5) is 0 Å². The van der Waals surface area contributed by atoms with Crippen molar-refractivity contribution in [2.24, 2.45) is 0 Å². The highest BCUT2D eigenvalue weighted by Crippen LogP contribution is 2.43. The van der Waals surface area contributed by atoms with Crippen molar-refractivity contribution in [3.05, 3.63) is 48.0 Å². The Labute approximate surface area is 182 Å². The first-order valence-corrected chi connectivity index (χ1v) is 12.6. The zero-order valence-electron chi connectivity index (χ0n) is 19.7. The predicted molar refractivity (Wildman–Crippen MR) is 129 cm³/mol. The van der Waals surface area contributed by atoms with Crippen molar-refractivity contribution >= 4 is 0 Å². The molecule has 1 aromatic rings. The average Bonchev–Trinajstić information content (AvgIpc) is 3.42. The molecule has 1 heterocycles. The lowest BCUT2D eigenvalue weighted by Crippen LogP contribution is -2.10. The molecule has 0 bridgehead atoms. The van der Waals surface area contributed by atoms with Gasteiger partial charge in [-0.25, -0.2) is 0 Å². The summed E-state index contributed by atoms with van der Waals surface area (Å²) in [5.41, 5.74) is 2.83. The molecule has 0 saturated carbocycles. The summed E-state index contributed by atoms with van der Waals surface area (Å²) in [4.78, 5) is 2.82. The summed E-state index contributed by atoms with van der Waals surface area (Å²) in [5, 5.41) is 0. The molecular weight excluding hydrogens is 350 g/mol. The first-order valence-electron chi connectivity index (χ1n) is 12.6. The molecule has 0 N–H and O–H groups in total. The van der Waals surface area contributed by atoms with E-state index < -0.39 is 0 Å². The molecule has 1 fully saturated rings. The summed E-state index contributed by atoms with van der Waals surface area (Å²) in [7, 11) is 0. The molecule has 1 heteroatoms. The van der Waals surface area contributed by atoms with Gasteiger partial charge in [-0.15, -0.1) is 6.58 Å². The smallest absolute Gasteiger partial charge is 0.0327 e. The number of allylic oxidation sites excluding steroid dienone is 1. The lowest BCUT2D eigenvalue weighted by molar-refractivity contribution is 0.365. The summed E-state index contributed by atoms with van der Waals surface area (Å²) in [6.07, 6.45) is 19.4. The van der Waals surface area contributed by atoms with Gasteiger partial charge < -0.3 is 0 Å². The summed E-state index contributed by atoms with van der Waals surface area (Å²) >= 11 is 0. The minimum Gasteiger partial charge on any atom is -0.288 e. The monoisotopic (exact) mass is 397 g/mol. The standard InChI is InChI=1S/C28H47N/c1-5-6-7-8-11-17-22-27-28(23-18-12-9-10-14-19-24(2)3)29(27)25(4)26-20-15-13-16-21-26/h13,15-16,20-21,25,27-28H,2,5-12,14,17-19,22-23H2,1,3-4H3. The molecule has 1 aliphatic rings. The van der Waals surface area contributed by atoms with Gasteiger partial charge in [-0.3, -0.25) is 4.90 Å². The zero-order valence-corrected chi connectivity index (χ0v) is 19.7. The summed E-state index contributed by atoms with van der Waals surface area (Å²) in [6, 6.07) is 13.4. The first kappa shape index (κ1) is 24.2. The van der Waals surface area contributed by atoms with Gasteiger partial charge in [0.25, 0.3) is 0 Å². The highest BCUT2D eigenvalue weighted by molar-refractivity contribution is 5.21. The molecule has 1 aliphatic heterocycles. The fourth-order valence-corrected chi connectivity index (χ4v) is 4.96. The van der Waals surface area contributed by atoms with Crippen LogP contribution in [0.15, 0.2) is 42.5 Å². The number of benzene rings is 1. The minimum absolute atomic E-state index is 0.571. The SMILES string of the molecule is C=C(C)CCCCCCCC1C(CCCCCCCC)N1C(C)c1ccccc1. The molecule has 0 aromatic heterocycles.